The van der Waals surface area contributed by atoms with Gasteiger partial charge in [0.1, 0.15) is 18.1 Å². The first-order valence-electron chi connectivity index (χ1n) is 11.0. The van der Waals surface area contributed by atoms with Gasteiger partial charge in [-0.05, 0) is 48.9 Å². The molecule has 2 heterocycles. The Morgan fingerprint density at radius 2 is 1.88 bits per heavy atom. The van der Waals surface area contributed by atoms with Gasteiger partial charge >= 0.3 is 0 Å². The number of nitrogens with one attached hydrogen (secondary N) is 1. The quantitative estimate of drug-likeness (QED) is 0.571. The minimum Gasteiger partial charge on any atom is -0.489 e. The lowest BCUT2D eigenvalue weighted by atomic mass is 10.1. The topological polar surface area (TPSA) is 86.3 Å². The number of fused-ring (bicyclic) bond motifs is 2. The van der Waals surface area contributed by atoms with Crippen LogP contribution in [0.2, 0.25) is 0 Å². The molecule has 0 aromatic heterocycles. The van der Waals surface area contributed by atoms with Gasteiger partial charge in [-0.25, -0.2) is 0 Å². The highest BCUT2D eigenvalue weighted by Crippen LogP contribution is 2.35. The SMILES string of the molecule is CC1Oc2ccccc2N(CCC(=O)Nc2cccc(COc3ccc4c(c3)OCO4)c2)C1=O. The summed E-state index contributed by atoms with van der Waals surface area (Å²) in [6, 6.07) is 20.2. The summed E-state index contributed by atoms with van der Waals surface area (Å²) in [4.78, 5) is 26.8. The first-order valence-corrected chi connectivity index (χ1v) is 11.0. The van der Waals surface area contributed by atoms with Crippen molar-refractivity contribution < 1.29 is 28.5 Å². The third kappa shape index (κ3) is 4.61. The fraction of sp³-hybridized carbons (Fsp3) is 0.231. The van der Waals surface area contributed by atoms with Crippen LogP contribution < -0.4 is 29.2 Å². The van der Waals surface area contributed by atoms with E-state index in [0.29, 0.717) is 41.0 Å². The van der Waals surface area contributed by atoms with Gasteiger partial charge in [-0.3, -0.25) is 9.59 Å². The predicted octanol–water partition coefficient (Wildman–Crippen LogP) is 4.14. The van der Waals surface area contributed by atoms with Crippen LogP contribution in [0.15, 0.2) is 66.7 Å². The fourth-order valence-corrected chi connectivity index (χ4v) is 3.90. The molecule has 2 aliphatic rings. The molecule has 0 aliphatic carbocycles. The van der Waals surface area contributed by atoms with Crippen molar-refractivity contribution in [2.45, 2.75) is 26.1 Å². The summed E-state index contributed by atoms with van der Waals surface area (Å²) in [6.07, 6.45) is -0.426. The molecule has 1 unspecified atom stereocenters. The molecule has 0 saturated carbocycles. The minimum absolute atomic E-state index is 0.157. The molecule has 0 bridgehead atoms. The van der Waals surface area contributed by atoms with Crippen molar-refractivity contribution in [3.05, 3.63) is 72.3 Å². The maximum absolute atomic E-state index is 12.6. The Morgan fingerprint density at radius 3 is 2.79 bits per heavy atom. The second-order valence-corrected chi connectivity index (χ2v) is 8.02. The molecule has 0 spiro atoms. The molecule has 8 heteroatoms. The lowest BCUT2D eigenvalue weighted by molar-refractivity contribution is -0.125. The van der Waals surface area contributed by atoms with Crippen molar-refractivity contribution in [1.82, 2.24) is 0 Å². The number of nitrogens with zero attached hydrogens (tertiary/aromatic N) is 1. The van der Waals surface area contributed by atoms with E-state index in [1.165, 1.54) is 0 Å². The maximum Gasteiger partial charge on any atom is 0.267 e. The first kappa shape index (κ1) is 21.6. The summed E-state index contributed by atoms with van der Waals surface area (Å²) in [6.45, 7) is 2.52. The zero-order valence-corrected chi connectivity index (χ0v) is 18.7. The summed E-state index contributed by atoms with van der Waals surface area (Å²) < 4.78 is 22.2. The van der Waals surface area contributed by atoms with E-state index < -0.39 is 6.10 Å². The van der Waals surface area contributed by atoms with Crippen LogP contribution in [-0.4, -0.2) is 31.3 Å². The normalized spacial score (nSPS) is 16.0. The van der Waals surface area contributed by atoms with Gasteiger partial charge in [-0.1, -0.05) is 24.3 Å². The van der Waals surface area contributed by atoms with Crippen molar-refractivity contribution in [2.75, 3.05) is 23.6 Å². The minimum atomic E-state index is -0.584. The number of para-hydroxylation sites is 2. The molecule has 1 N–H and O–H groups in total. The number of hydrogen-bond donors (Lipinski definition) is 1. The van der Waals surface area contributed by atoms with Gasteiger partial charge in [0.2, 0.25) is 12.7 Å². The molecule has 1 atom stereocenters. The molecule has 8 nitrogen and oxygen atoms in total. The van der Waals surface area contributed by atoms with Crippen LogP contribution in [0, 0.1) is 0 Å². The summed E-state index contributed by atoms with van der Waals surface area (Å²) in [5.74, 6) is 2.34. The zero-order valence-electron chi connectivity index (χ0n) is 18.7. The second kappa shape index (κ2) is 9.35. The first-order chi connectivity index (χ1) is 16.6. The predicted molar refractivity (Wildman–Crippen MR) is 125 cm³/mol. The maximum atomic E-state index is 12.6. The molecule has 3 aromatic carbocycles. The Bertz CT molecular complexity index is 1230. The van der Waals surface area contributed by atoms with Gasteiger partial charge in [-0.15, -0.1) is 0 Å². The van der Waals surface area contributed by atoms with Crippen molar-refractivity contribution in [2.24, 2.45) is 0 Å². The summed E-state index contributed by atoms with van der Waals surface area (Å²) >= 11 is 0. The van der Waals surface area contributed by atoms with E-state index in [4.69, 9.17) is 18.9 Å². The van der Waals surface area contributed by atoms with E-state index in [0.717, 1.165) is 5.56 Å². The average Bonchev–Trinajstić information content (AvgIpc) is 3.31. The standard InChI is InChI=1S/C26H24N2O6/c1-17-26(30)28(21-7-2-3-8-22(21)34-17)12-11-25(29)27-19-6-4-5-18(13-19)15-31-20-9-10-23-24(14-20)33-16-32-23/h2-10,13-14,17H,11-12,15-16H2,1H3,(H,27,29). The number of ether oxygens (including phenoxy) is 4. The van der Waals surface area contributed by atoms with Crippen molar-refractivity contribution in [3.8, 4) is 23.0 Å². The number of carbonyl (C=O) groups excluding carboxylic acids is 2. The number of carbonyl (C=O) groups is 2. The fourth-order valence-electron chi connectivity index (χ4n) is 3.90. The molecule has 34 heavy (non-hydrogen) atoms. The highest BCUT2D eigenvalue weighted by atomic mass is 16.7. The van der Waals surface area contributed by atoms with E-state index in [9.17, 15) is 9.59 Å². The number of benzene rings is 3. The highest BCUT2D eigenvalue weighted by molar-refractivity contribution is 6.00. The van der Waals surface area contributed by atoms with Crippen LogP contribution >= 0.6 is 0 Å². The van der Waals surface area contributed by atoms with Crippen molar-refractivity contribution >= 4 is 23.2 Å². The molecular weight excluding hydrogens is 436 g/mol. The van der Waals surface area contributed by atoms with Crippen LogP contribution in [-0.2, 0) is 16.2 Å². The van der Waals surface area contributed by atoms with E-state index in [1.807, 2.05) is 60.7 Å². The summed E-state index contributed by atoms with van der Waals surface area (Å²) in [7, 11) is 0. The summed E-state index contributed by atoms with van der Waals surface area (Å²) in [5, 5.41) is 2.90. The van der Waals surface area contributed by atoms with Gasteiger partial charge < -0.3 is 29.2 Å². The molecule has 5 rings (SSSR count). The molecule has 0 saturated heterocycles. The number of anilines is 2. The van der Waals surface area contributed by atoms with Gasteiger partial charge in [0.05, 0.1) is 5.69 Å². The highest BCUT2D eigenvalue weighted by Gasteiger charge is 2.31. The Hall–Kier alpha value is -4.20. The summed E-state index contributed by atoms with van der Waals surface area (Å²) in [5.41, 5.74) is 2.25. The van der Waals surface area contributed by atoms with Gasteiger partial charge in [0.25, 0.3) is 5.91 Å². The molecular formula is C26H24N2O6. The van der Waals surface area contributed by atoms with E-state index >= 15 is 0 Å². The van der Waals surface area contributed by atoms with E-state index in [1.54, 1.807) is 17.9 Å². The van der Waals surface area contributed by atoms with Crippen LogP contribution in [0.5, 0.6) is 23.0 Å². The molecule has 3 aromatic rings. The number of rotatable bonds is 7. The average molecular weight is 460 g/mol. The second-order valence-electron chi connectivity index (χ2n) is 8.02. The van der Waals surface area contributed by atoms with Gasteiger partial charge in [0.15, 0.2) is 17.6 Å². The molecule has 2 aliphatic heterocycles. The van der Waals surface area contributed by atoms with Gasteiger partial charge in [0, 0.05) is 24.7 Å². The Morgan fingerprint density at radius 1 is 1.03 bits per heavy atom. The Kier molecular flexibility index (Phi) is 5.95. The van der Waals surface area contributed by atoms with Gasteiger partial charge in [-0.2, -0.15) is 0 Å². The Labute approximate surface area is 197 Å². The molecule has 0 fully saturated rings. The zero-order chi connectivity index (χ0) is 23.5. The molecule has 2 amide bonds. The van der Waals surface area contributed by atoms with E-state index in [-0.39, 0.29) is 31.6 Å². The third-order valence-corrected chi connectivity index (χ3v) is 5.60. The Balaban J connectivity index is 1.17. The number of amides is 2. The molecule has 174 valence electrons. The largest absolute Gasteiger partial charge is 0.489 e. The van der Waals surface area contributed by atoms with Crippen LogP contribution in [0.4, 0.5) is 11.4 Å². The van der Waals surface area contributed by atoms with E-state index in [2.05, 4.69) is 5.32 Å². The van der Waals surface area contributed by atoms with Crippen molar-refractivity contribution in [1.29, 1.82) is 0 Å². The van der Waals surface area contributed by atoms with Crippen molar-refractivity contribution in [3.63, 3.8) is 0 Å². The molecule has 0 radical (unpaired) electrons. The smallest absolute Gasteiger partial charge is 0.267 e. The van der Waals surface area contributed by atoms with Crippen LogP contribution in [0.1, 0.15) is 18.9 Å². The van der Waals surface area contributed by atoms with Crippen LogP contribution in [0.3, 0.4) is 0 Å². The van der Waals surface area contributed by atoms with Crippen LogP contribution in [0.25, 0.3) is 0 Å². The lowest BCUT2D eigenvalue weighted by Crippen LogP contribution is -2.45. The lowest BCUT2D eigenvalue weighted by Gasteiger charge is -2.32. The monoisotopic (exact) mass is 460 g/mol. The third-order valence-electron chi connectivity index (χ3n) is 5.60. The number of hydrogen-bond acceptors (Lipinski definition) is 6.